The van der Waals surface area contributed by atoms with Crippen molar-refractivity contribution in [2.75, 3.05) is 13.2 Å². The van der Waals surface area contributed by atoms with Gasteiger partial charge in [0.1, 0.15) is 0 Å². The molecule has 3 aromatic rings. The topological polar surface area (TPSA) is 55.8 Å². The minimum Gasteiger partial charge on any atom is -0.490 e. The van der Waals surface area contributed by atoms with Crippen LogP contribution in [0, 0.1) is 0 Å². The third-order valence-corrected chi connectivity index (χ3v) is 6.50. The number of halogens is 1. The summed E-state index contributed by atoms with van der Waals surface area (Å²) in [5.41, 5.74) is 1.69. The van der Waals surface area contributed by atoms with E-state index in [0.29, 0.717) is 29.6 Å². The Morgan fingerprint density at radius 3 is 2.53 bits per heavy atom. The first kappa shape index (κ1) is 22.4. The molecule has 3 aromatic carbocycles. The molecule has 164 valence electrons. The number of amides is 2. The summed E-state index contributed by atoms with van der Waals surface area (Å²) in [6.07, 6.45) is 1.72. The summed E-state index contributed by atoms with van der Waals surface area (Å²) in [6, 6.07) is 17.5. The Hall–Kier alpha value is -2.77. The average Bonchev–Trinajstić information content (AvgIpc) is 3.04. The summed E-state index contributed by atoms with van der Waals surface area (Å²) in [5.74, 6) is 0.913. The molecule has 0 radical (unpaired) electrons. The molecule has 32 heavy (non-hydrogen) atoms. The Balaban J connectivity index is 1.62. The molecule has 2 amide bonds. The van der Waals surface area contributed by atoms with E-state index in [2.05, 4.69) is 15.9 Å². The number of carbonyl (C=O) groups is 2. The molecule has 1 heterocycles. The third kappa shape index (κ3) is 4.54. The molecular formula is C25H22BrNO4S. The third-order valence-electron chi connectivity index (χ3n) is 5.00. The van der Waals surface area contributed by atoms with Crippen molar-refractivity contribution in [3.8, 4) is 11.5 Å². The molecule has 0 aliphatic carbocycles. The molecule has 0 bridgehead atoms. The van der Waals surface area contributed by atoms with Crippen molar-refractivity contribution in [3.63, 3.8) is 0 Å². The smallest absolute Gasteiger partial charge is 0.293 e. The van der Waals surface area contributed by atoms with Gasteiger partial charge in [0.15, 0.2) is 11.5 Å². The van der Waals surface area contributed by atoms with Gasteiger partial charge in [0.2, 0.25) is 0 Å². The molecule has 4 rings (SSSR count). The molecule has 1 fully saturated rings. The summed E-state index contributed by atoms with van der Waals surface area (Å²) in [5, 5.41) is 1.84. The highest BCUT2D eigenvalue weighted by atomic mass is 79.9. The lowest BCUT2D eigenvalue weighted by Crippen LogP contribution is -2.27. The van der Waals surface area contributed by atoms with Crippen LogP contribution < -0.4 is 9.47 Å². The standard InChI is InChI=1S/C25H22BrNO4S/c1-3-30-21-13-16(12-20(26)23(21)31-4-2)14-22-24(28)27(25(29)32-22)15-18-10-7-9-17-8-5-6-11-19(17)18/h5-14H,3-4,15H2,1-2H3/b22-14+. The first-order chi connectivity index (χ1) is 15.5. The summed E-state index contributed by atoms with van der Waals surface area (Å²) in [6.45, 7) is 5.03. The van der Waals surface area contributed by atoms with Crippen LogP contribution in [0.2, 0.25) is 0 Å². The minimum atomic E-state index is -0.295. The second-order valence-electron chi connectivity index (χ2n) is 7.10. The van der Waals surface area contributed by atoms with E-state index in [-0.39, 0.29) is 17.7 Å². The molecule has 1 aliphatic heterocycles. The van der Waals surface area contributed by atoms with Crippen molar-refractivity contribution in [2.24, 2.45) is 0 Å². The zero-order valence-electron chi connectivity index (χ0n) is 17.8. The quantitative estimate of drug-likeness (QED) is 0.333. The number of thioether (sulfide) groups is 1. The van der Waals surface area contributed by atoms with E-state index in [1.165, 1.54) is 4.90 Å². The van der Waals surface area contributed by atoms with Crippen molar-refractivity contribution >= 4 is 55.7 Å². The van der Waals surface area contributed by atoms with Crippen molar-refractivity contribution in [3.05, 3.63) is 75.1 Å². The van der Waals surface area contributed by atoms with Crippen LogP contribution in [-0.4, -0.2) is 29.3 Å². The van der Waals surface area contributed by atoms with Gasteiger partial charge in [-0.2, -0.15) is 0 Å². The Morgan fingerprint density at radius 2 is 1.75 bits per heavy atom. The highest BCUT2D eigenvalue weighted by molar-refractivity contribution is 9.10. The number of hydrogen-bond acceptors (Lipinski definition) is 5. The summed E-state index contributed by atoms with van der Waals surface area (Å²) in [4.78, 5) is 27.4. The number of fused-ring (bicyclic) bond motifs is 1. The summed E-state index contributed by atoms with van der Waals surface area (Å²) < 4.78 is 12.1. The zero-order valence-corrected chi connectivity index (χ0v) is 20.2. The average molecular weight is 512 g/mol. The molecule has 0 unspecified atom stereocenters. The minimum absolute atomic E-state index is 0.237. The van der Waals surface area contributed by atoms with Crippen LogP contribution in [0.3, 0.4) is 0 Å². The Bertz CT molecular complexity index is 1220. The maximum Gasteiger partial charge on any atom is 0.293 e. The van der Waals surface area contributed by atoms with Gasteiger partial charge >= 0.3 is 0 Å². The van der Waals surface area contributed by atoms with Crippen LogP contribution in [-0.2, 0) is 11.3 Å². The van der Waals surface area contributed by atoms with E-state index in [1.54, 1.807) is 6.08 Å². The largest absolute Gasteiger partial charge is 0.490 e. The van der Waals surface area contributed by atoms with Crippen LogP contribution >= 0.6 is 27.7 Å². The number of nitrogens with zero attached hydrogens (tertiary/aromatic N) is 1. The van der Waals surface area contributed by atoms with Gasteiger partial charge in [0, 0.05) is 0 Å². The molecule has 7 heteroatoms. The number of rotatable bonds is 7. The van der Waals surface area contributed by atoms with E-state index in [1.807, 2.05) is 68.4 Å². The van der Waals surface area contributed by atoms with Crippen LogP contribution in [0.4, 0.5) is 4.79 Å². The second-order valence-corrected chi connectivity index (χ2v) is 8.95. The Kier molecular flexibility index (Phi) is 6.86. The van der Waals surface area contributed by atoms with Gasteiger partial charge in [-0.3, -0.25) is 14.5 Å². The van der Waals surface area contributed by atoms with E-state index in [4.69, 9.17) is 9.47 Å². The van der Waals surface area contributed by atoms with Crippen LogP contribution in [0.15, 0.2) is 64.0 Å². The fraction of sp³-hybridized carbons (Fsp3) is 0.200. The maximum absolute atomic E-state index is 13.1. The number of benzene rings is 3. The lowest BCUT2D eigenvalue weighted by molar-refractivity contribution is -0.123. The second kappa shape index (κ2) is 9.79. The zero-order chi connectivity index (χ0) is 22.7. The SMILES string of the molecule is CCOc1cc(/C=C2/SC(=O)N(Cc3cccc4ccccc34)C2=O)cc(Br)c1OCC. The highest BCUT2D eigenvalue weighted by Crippen LogP contribution is 2.39. The lowest BCUT2D eigenvalue weighted by atomic mass is 10.0. The van der Waals surface area contributed by atoms with Gasteiger partial charge in [-0.15, -0.1) is 0 Å². The van der Waals surface area contributed by atoms with Crippen LogP contribution in [0.1, 0.15) is 25.0 Å². The summed E-state index contributed by atoms with van der Waals surface area (Å²) in [7, 11) is 0. The summed E-state index contributed by atoms with van der Waals surface area (Å²) >= 11 is 4.47. The van der Waals surface area contributed by atoms with Gasteiger partial charge in [-0.25, -0.2) is 0 Å². The molecule has 1 saturated heterocycles. The van der Waals surface area contributed by atoms with Crippen LogP contribution in [0.25, 0.3) is 16.8 Å². The highest BCUT2D eigenvalue weighted by Gasteiger charge is 2.35. The predicted molar refractivity (Wildman–Crippen MR) is 132 cm³/mol. The number of hydrogen-bond donors (Lipinski definition) is 0. The number of imide groups is 1. The predicted octanol–water partition coefficient (Wildman–Crippen LogP) is 6.64. The van der Waals surface area contributed by atoms with E-state index < -0.39 is 0 Å². The molecule has 5 nitrogen and oxygen atoms in total. The number of carbonyl (C=O) groups excluding carboxylic acids is 2. The van der Waals surface area contributed by atoms with Crippen molar-refractivity contribution in [1.29, 1.82) is 0 Å². The molecule has 0 saturated carbocycles. The Morgan fingerprint density at radius 1 is 1.00 bits per heavy atom. The first-order valence-electron chi connectivity index (χ1n) is 10.3. The Labute approximate surface area is 199 Å². The lowest BCUT2D eigenvalue weighted by Gasteiger charge is -2.14. The maximum atomic E-state index is 13.1. The molecular weight excluding hydrogens is 490 g/mol. The molecule has 0 N–H and O–H groups in total. The normalized spacial score (nSPS) is 15.1. The number of ether oxygens (including phenoxy) is 2. The van der Waals surface area contributed by atoms with Crippen molar-refractivity contribution in [2.45, 2.75) is 20.4 Å². The van der Waals surface area contributed by atoms with Gasteiger partial charge < -0.3 is 9.47 Å². The monoisotopic (exact) mass is 511 g/mol. The van der Waals surface area contributed by atoms with Crippen LogP contribution in [0.5, 0.6) is 11.5 Å². The first-order valence-corrected chi connectivity index (χ1v) is 11.9. The van der Waals surface area contributed by atoms with E-state index >= 15 is 0 Å². The van der Waals surface area contributed by atoms with Gasteiger partial charge in [0.05, 0.1) is 29.1 Å². The van der Waals surface area contributed by atoms with Gasteiger partial charge in [0.25, 0.3) is 11.1 Å². The molecule has 0 atom stereocenters. The fourth-order valence-corrected chi connectivity index (χ4v) is 5.02. The molecule has 1 aliphatic rings. The molecule has 0 aromatic heterocycles. The molecule has 0 spiro atoms. The van der Waals surface area contributed by atoms with E-state index in [9.17, 15) is 9.59 Å². The van der Waals surface area contributed by atoms with Crippen molar-refractivity contribution < 1.29 is 19.1 Å². The fourth-order valence-electron chi connectivity index (χ4n) is 3.61. The van der Waals surface area contributed by atoms with Gasteiger partial charge in [-0.05, 0) is 81.6 Å². The van der Waals surface area contributed by atoms with Gasteiger partial charge in [-0.1, -0.05) is 42.5 Å². The van der Waals surface area contributed by atoms with E-state index in [0.717, 1.165) is 38.1 Å². The van der Waals surface area contributed by atoms with Crippen molar-refractivity contribution in [1.82, 2.24) is 4.90 Å².